The number of fused-ring (bicyclic) bond motifs is 1. The molecule has 2 aliphatic heterocycles. The van der Waals surface area contributed by atoms with Crippen LogP contribution in [0.2, 0.25) is 0 Å². The topological polar surface area (TPSA) is 89.6 Å². The lowest BCUT2D eigenvalue weighted by Gasteiger charge is -2.30. The van der Waals surface area contributed by atoms with E-state index >= 15 is 0 Å². The number of hydrogen-bond donors (Lipinski definition) is 0. The average molecular weight is 320 g/mol. The zero-order valence-corrected chi connectivity index (χ0v) is 13.1. The molecule has 9 heteroatoms. The molecule has 23 heavy (non-hydrogen) atoms. The van der Waals surface area contributed by atoms with Crippen LogP contribution in [0.5, 0.6) is 0 Å². The van der Waals surface area contributed by atoms with Crippen molar-refractivity contribution in [3.8, 4) is 0 Å². The first kappa shape index (κ1) is 14.6. The predicted octanol–water partition coefficient (Wildman–Crippen LogP) is 0.465. The molecule has 2 aliphatic rings. The Morgan fingerprint density at radius 1 is 1.13 bits per heavy atom. The molecule has 0 amide bonds. The zero-order chi connectivity index (χ0) is 15.6. The Morgan fingerprint density at radius 3 is 2.65 bits per heavy atom. The molecule has 1 unspecified atom stereocenters. The Kier molecular flexibility index (Phi) is 3.96. The molecule has 4 rings (SSSR count). The zero-order valence-electron chi connectivity index (χ0n) is 13.1. The van der Waals surface area contributed by atoms with Crippen molar-refractivity contribution in [2.45, 2.75) is 18.9 Å². The fraction of sp³-hybridized carbons (Fsp3) is 0.714. The van der Waals surface area contributed by atoms with Gasteiger partial charge in [0, 0.05) is 26.7 Å². The van der Waals surface area contributed by atoms with Gasteiger partial charge in [-0.1, -0.05) is 0 Å². The van der Waals surface area contributed by atoms with Crippen LogP contribution in [0.4, 0.5) is 11.6 Å². The van der Waals surface area contributed by atoms with Gasteiger partial charge in [0.1, 0.15) is 0 Å². The van der Waals surface area contributed by atoms with Crippen LogP contribution in [0.1, 0.15) is 12.8 Å². The number of hydrogen-bond acceptors (Lipinski definition) is 9. The molecule has 0 aliphatic carbocycles. The lowest BCUT2D eigenvalue weighted by molar-refractivity contribution is -0.0837. The first-order valence-electron chi connectivity index (χ1n) is 7.97. The van der Waals surface area contributed by atoms with Gasteiger partial charge in [-0.05, 0) is 23.2 Å². The summed E-state index contributed by atoms with van der Waals surface area (Å²) in [6, 6.07) is 0. The standard InChI is InChI=1S/C14H20N6O3/c1-19(8-10-9-21-6-7-22-10)13-14(20-4-2-3-5-20)16-12-11(15-13)17-23-18-12/h10H,2-9H2,1H3. The van der Waals surface area contributed by atoms with Crippen molar-refractivity contribution >= 4 is 22.9 Å². The van der Waals surface area contributed by atoms with E-state index in [1.807, 2.05) is 11.9 Å². The van der Waals surface area contributed by atoms with Crippen LogP contribution in [0.25, 0.3) is 11.3 Å². The van der Waals surface area contributed by atoms with E-state index in [2.05, 4.69) is 25.2 Å². The second kappa shape index (κ2) is 6.25. The summed E-state index contributed by atoms with van der Waals surface area (Å²) in [6.07, 6.45) is 2.37. The van der Waals surface area contributed by atoms with Gasteiger partial charge in [0.2, 0.25) is 11.3 Å². The number of rotatable bonds is 4. The van der Waals surface area contributed by atoms with Crippen molar-refractivity contribution in [1.29, 1.82) is 0 Å². The molecule has 0 radical (unpaired) electrons. The minimum Gasteiger partial charge on any atom is -0.376 e. The predicted molar refractivity (Wildman–Crippen MR) is 82.7 cm³/mol. The van der Waals surface area contributed by atoms with Crippen LogP contribution < -0.4 is 9.80 Å². The maximum atomic E-state index is 5.73. The average Bonchev–Trinajstić information content (AvgIpc) is 3.25. The minimum absolute atomic E-state index is 0.0353. The van der Waals surface area contributed by atoms with Crippen molar-refractivity contribution < 1.29 is 14.1 Å². The van der Waals surface area contributed by atoms with E-state index in [1.165, 1.54) is 12.8 Å². The summed E-state index contributed by atoms with van der Waals surface area (Å²) in [5.41, 5.74) is 0.872. The molecule has 0 bridgehead atoms. The minimum atomic E-state index is 0.0353. The molecule has 0 spiro atoms. The monoisotopic (exact) mass is 320 g/mol. The fourth-order valence-electron chi connectivity index (χ4n) is 3.05. The third-order valence-electron chi connectivity index (χ3n) is 4.21. The lowest BCUT2D eigenvalue weighted by Crippen LogP contribution is -2.39. The van der Waals surface area contributed by atoms with E-state index in [1.54, 1.807) is 0 Å². The Labute approximate surface area is 133 Å². The van der Waals surface area contributed by atoms with Gasteiger partial charge in [-0.2, -0.15) is 0 Å². The molecule has 0 saturated carbocycles. The summed E-state index contributed by atoms with van der Waals surface area (Å²) in [5.74, 6) is 1.62. The van der Waals surface area contributed by atoms with Gasteiger partial charge in [-0.25, -0.2) is 14.6 Å². The lowest BCUT2D eigenvalue weighted by atomic mass is 10.3. The van der Waals surface area contributed by atoms with Crippen LogP contribution in [-0.4, -0.2) is 72.9 Å². The SMILES string of the molecule is CN(CC1COCCO1)c1nc2nonc2nc1N1CCCC1. The number of aromatic nitrogens is 4. The van der Waals surface area contributed by atoms with Crippen LogP contribution in [0.15, 0.2) is 4.63 Å². The maximum Gasteiger partial charge on any atom is 0.245 e. The smallest absolute Gasteiger partial charge is 0.245 e. The highest BCUT2D eigenvalue weighted by Gasteiger charge is 2.25. The van der Waals surface area contributed by atoms with Gasteiger partial charge in [-0.15, -0.1) is 0 Å². The highest BCUT2D eigenvalue weighted by molar-refractivity contribution is 5.74. The molecule has 0 N–H and O–H groups in total. The van der Waals surface area contributed by atoms with Crippen LogP contribution >= 0.6 is 0 Å². The molecule has 2 saturated heterocycles. The van der Waals surface area contributed by atoms with Gasteiger partial charge < -0.3 is 19.3 Å². The molecule has 2 fully saturated rings. The molecule has 2 aromatic rings. The molecule has 9 nitrogen and oxygen atoms in total. The van der Waals surface area contributed by atoms with E-state index in [4.69, 9.17) is 14.1 Å². The molecule has 124 valence electrons. The van der Waals surface area contributed by atoms with Crippen molar-refractivity contribution in [3.05, 3.63) is 0 Å². The fourth-order valence-corrected chi connectivity index (χ4v) is 3.05. The number of nitrogens with zero attached hydrogens (tertiary/aromatic N) is 6. The Balaban J connectivity index is 1.63. The molecule has 0 aromatic carbocycles. The summed E-state index contributed by atoms with van der Waals surface area (Å²) in [5, 5.41) is 7.63. The number of anilines is 2. The van der Waals surface area contributed by atoms with Crippen LogP contribution in [0.3, 0.4) is 0 Å². The van der Waals surface area contributed by atoms with Gasteiger partial charge in [0.05, 0.1) is 25.9 Å². The first-order valence-corrected chi connectivity index (χ1v) is 7.97. The quantitative estimate of drug-likeness (QED) is 0.797. The third-order valence-corrected chi connectivity index (χ3v) is 4.21. The van der Waals surface area contributed by atoms with Crippen molar-refractivity contribution in [2.24, 2.45) is 0 Å². The van der Waals surface area contributed by atoms with E-state index < -0.39 is 0 Å². The highest BCUT2D eigenvalue weighted by atomic mass is 16.6. The summed E-state index contributed by atoms with van der Waals surface area (Å²) in [7, 11) is 1.99. The summed E-state index contributed by atoms with van der Waals surface area (Å²) >= 11 is 0. The molecule has 1 atom stereocenters. The number of ether oxygens (including phenoxy) is 2. The molecule has 2 aromatic heterocycles. The summed E-state index contributed by atoms with van der Waals surface area (Å²) in [4.78, 5) is 13.5. The Bertz CT molecular complexity index is 666. The van der Waals surface area contributed by atoms with Gasteiger partial charge in [0.15, 0.2) is 11.6 Å². The normalized spacial score (nSPS) is 22.0. The van der Waals surface area contributed by atoms with E-state index in [0.29, 0.717) is 37.7 Å². The van der Waals surface area contributed by atoms with Crippen LogP contribution in [0, 0.1) is 0 Å². The van der Waals surface area contributed by atoms with Crippen LogP contribution in [-0.2, 0) is 9.47 Å². The van der Waals surface area contributed by atoms with Crippen molar-refractivity contribution in [3.63, 3.8) is 0 Å². The summed E-state index contributed by atoms with van der Waals surface area (Å²) in [6.45, 7) is 4.55. The Hall–Kier alpha value is -2.00. The molecular formula is C14H20N6O3. The second-order valence-corrected chi connectivity index (χ2v) is 5.92. The van der Waals surface area contributed by atoms with Crippen molar-refractivity contribution in [2.75, 3.05) is 56.3 Å². The number of likely N-dealkylation sites (N-methyl/N-ethyl adjacent to an activating group) is 1. The third kappa shape index (κ3) is 2.93. The Morgan fingerprint density at radius 2 is 1.91 bits per heavy atom. The first-order chi connectivity index (χ1) is 11.3. The van der Waals surface area contributed by atoms with Gasteiger partial charge >= 0.3 is 0 Å². The summed E-state index contributed by atoms with van der Waals surface area (Å²) < 4.78 is 16.0. The van der Waals surface area contributed by atoms with Crippen molar-refractivity contribution in [1.82, 2.24) is 20.3 Å². The largest absolute Gasteiger partial charge is 0.376 e. The molecular weight excluding hydrogens is 300 g/mol. The highest BCUT2D eigenvalue weighted by Crippen LogP contribution is 2.29. The van der Waals surface area contributed by atoms with Gasteiger partial charge in [0.25, 0.3) is 0 Å². The second-order valence-electron chi connectivity index (χ2n) is 5.92. The van der Waals surface area contributed by atoms with E-state index in [0.717, 1.165) is 24.7 Å². The maximum absolute atomic E-state index is 5.73. The van der Waals surface area contributed by atoms with Gasteiger partial charge in [-0.3, -0.25) is 0 Å². The van der Waals surface area contributed by atoms with E-state index in [-0.39, 0.29) is 6.10 Å². The molecule has 4 heterocycles. The van der Waals surface area contributed by atoms with E-state index in [9.17, 15) is 0 Å².